The number of hydrazone groups is 1. The van der Waals surface area contributed by atoms with E-state index in [1.807, 2.05) is 38.1 Å². The van der Waals surface area contributed by atoms with Crippen molar-refractivity contribution in [3.05, 3.63) is 64.2 Å². The third-order valence-electron chi connectivity index (χ3n) is 3.78. The lowest BCUT2D eigenvalue weighted by Crippen LogP contribution is -2.25. The zero-order valence-corrected chi connectivity index (χ0v) is 14.1. The number of rotatable bonds is 5. The van der Waals surface area contributed by atoms with Crippen LogP contribution in [-0.2, 0) is 4.79 Å². The van der Waals surface area contributed by atoms with Gasteiger partial charge in [0, 0.05) is 5.69 Å². The molecule has 0 radical (unpaired) electrons. The van der Waals surface area contributed by atoms with Crippen molar-refractivity contribution >= 4 is 17.8 Å². The molecule has 0 aromatic heterocycles. The van der Waals surface area contributed by atoms with Crippen molar-refractivity contribution in [3.8, 4) is 0 Å². The molecule has 4 nitrogen and oxygen atoms in total. The Kier molecular flexibility index (Phi) is 5.52. The number of nitrogens with zero attached hydrogens (tertiary/aromatic N) is 1. The fourth-order valence-corrected chi connectivity index (χ4v) is 2.19. The Morgan fingerprint density at radius 3 is 2.35 bits per heavy atom. The van der Waals surface area contributed by atoms with E-state index >= 15 is 0 Å². The SMILES string of the molecule is Cc1ccc(NCC(=O)N/N=C\c2cc(C)c(C)cc2C)cc1. The van der Waals surface area contributed by atoms with E-state index in [1.165, 1.54) is 16.7 Å². The molecule has 0 fully saturated rings. The quantitative estimate of drug-likeness (QED) is 0.656. The lowest BCUT2D eigenvalue weighted by Gasteiger charge is -2.07. The molecule has 1 amide bonds. The van der Waals surface area contributed by atoms with Gasteiger partial charge in [-0.25, -0.2) is 5.43 Å². The topological polar surface area (TPSA) is 53.5 Å². The van der Waals surface area contributed by atoms with E-state index in [-0.39, 0.29) is 12.5 Å². The first-order chi connectivity index (χ1) is 11.0. The van der Waals surface area contributed by atoms with Gasteiger partial charge in [0.1, 0.15) is 0 Å². The number of hydrogen-bond donors (Lipinski definition) is 2. The summed E-state index contributed by atoms with van der Waals surface area (Å²) in [5.41, 5.74) is 9.27. The minimum Gasteiger partial charge on any atom is -0.376 e. The monoisotopic (exact) mass is 309 g/mol. The lowest BCUT2D eigenvalue weighted by atomic mass is 10.0. The second-order valence-electron chi connectivity index (χ2n) is 5.81. The molecule has 0 spiro atoms. The van der Waals surface area contributed by atoms with E-state index in [4.69, 9.17) is 0 Å². The van der Waals surface area contributed by atoms with E-state index in [0.717, 1.165) is 16.8 Å². The van der Waals surface area contributed by atoms with Crippen LogP contribution in [0.3, 0.4) is 0 Å². The minimum absolute atomic E-state index is 0.177. The highest BCUT2D eigenvalue weighted by molar-refractivity contribution is 5.85. The largest absolute Gasteiger partial charge is 0.376 e. The van der Waals surface area contributed by atoms with E-state index in [2.05, 4.69) is 41.8 Å². The van der Waals surface area contributed by atoms with Gasteiger partial charge in [0.25, 0.3) is 5.91 Å². The van der Waals surface area contributed by atoms with Crippen LogP contribution in [0.5, 0.6) is 0 Å². The molecule has 0 aliphatic heterocycles. The maximum Gasteiger partial charge on any atom is 0.259 e. The number of aryl methyl sites for hydroxylation is 4. The lowest BCUT2D eigenvalue weighted by molar-refractivity contribution is -0.119. The van der Waals surface area contributed by atoms with Crippen molar-refractivity contribution in [2.45, 2.75) is 27.7 Å². The molecular weight excluding hydrogens is 286 g/mol. The Balaban J connectivity index is 1.86. The summed E-state index contributed by atoms with van der Waals surface area (Å²) in [4.78, 5) is 11.8. The minimum atomic E-state index is -0.177. The summed E-state index contributed by atoms with van der Waals surface area (Å²) in [6.07, 6.45) is 1.69. The van der Waals surface area contributed by atoms with Crippen molar-refractivity contribution < 1.29 is 4.79 Å². The summed E-state index contributed by atoms with van der Waals surface area (Å²) in [6, 6.07) is 12.1. The van der Waals surface area contributed by atoms with E-state index < -0.39 is 0 Å². The summed E-state index contributed by atoms with van der Waals surface area (Å²) >= 11 is 0. The maximum absolute atomic E-state index is 11.8. The Morgan fingerprint density at radius 1 is 1.00 bits per heavy atom. The summed E-state index contributed by atoms with van der Waals surface area (Å²) < 4.78 is 0. The fourth-order valence-electron chi connectivity index (χ4n) is 2.19. The van der Waals surface area contributed by atoms with Gasteiger partial charge in [-0.15, -0.1) is 0 Å². The first-order valence-corrected chi connectivity index (χ1v) is 7.66. The molecule has 0 aliphatic rings. The van der Waals surface area contributed by atoms with Crippen LogP contribution in [0.2, 0.25) is 0 Å². The average molecular weight is 309 g/mol. The van der Waals surface area contributed by atoms with Gasteiger partial charge in [-0.1, -0.05) is 23.8 Å². The summed E-state index contributed by atoms with van der Waals surface area (Å²) in [5, 5.41) is 7.10. The summed E-state index contributed by atoms with van der Waals surface area (Å²) in [6.45, 7) is 8.40. The Bertz CT molecular complexity index is 718. The number of carbonyl (C=O) groups excluding carboxylic acids is 1. The zero-order chi connectivity index (χ0) is 16.8. The van der Waals surface area contributed by atoms with Gasteiger partial charge in [-0.05, 0) is 68.1 Å². The van der Waals surface area contributed by atoms with Crippen LogP contribution in [0.1, 0.15) is 27.8 Å². The normalized spacial score (nSPS) is 10.8. The van der Waals surface area contributed by atoms with Crippen molar-refractivity contribution in [2.75, 3.05) is 11.9 Å². The maximum atomic E-state index is 11.8. The highest BCUT2D eigenvalue weighted by Crippen LogP contribution is 2.13. The van der Waals surface area contributed by atoms with Gasteiger partial charge < -0.3 is 5.32 Å². The number of anilines is 1. The van der Waals surface area contributed by atoms with E-state index in [0.29, 0.717) is 0 Å². The molecule has 0 saturated heterocycles. The molecule has 4 heteroatoms. The highest BCUT2D eigenvalue weighted by Gasteiger charge is 2.01. The Hall–Kier alpha value is -2.62. The first kappa shape index (κ1) is 16.7. The number of nitrogens with one attached hydrogen (secondary N) is 2. The van der Waals surface area contributed by atoms with Crippen molar-refractivity contribution in [1.82, 2.24) is 5.43 Å². The van der Waals surface area contributed by atoms with E-state index in [1.54, 1.807) is 6.21 Å². The third-order valence-corrected chi connectivity index (χ3v) is 3.78. The van der Waals surface area contributed by atoms with Gasteiger partial charge in [0.2, 0.25) is 0 Å². The molecule has 0 atom stereocenters. The molecule has 0 heterocycles. The number of carbonyl (C=O) groups is 1. The van der Waals surface area contributed by atoms with Crippen LogP contribution in [-0.4, -0.2) is 18.7 Å². The first-order valence-electron chi connectivity index (χ1n) is 7.66. The standard InChI is InChI=1S/C19H23N3O/c1-13-5-7-18(8-6-13)20-12-19(23)22-21-11-17-10-15(3)14(2)9-16(17)4/h5-11,20H,12H2,1-4H3,(H,22,23)/b21-11-. The van der Waals surface area contributed by atoms with Gasteiger partial charge in [-0.3, -0.25) is 4.79 Å². The second kappa shape index (κ2) is 7.58. The van der Waals surface area contributed by atoms with Crippen molar-refractivity contribution in [1.29, 1.82) is 0 Å². The Labute approximate surface area is 137 Å². The van der Waals surface area contributed by atoms with Crippen LogP contribution >= 0.6 is 0 Å². The van der Waals surface area contributed by atoms with Crippen molar-refractivity contribution in [3.63, 3.8) is 0 Å². The fraction of sp³-hybridized carbons (Fsp3) is 0.263. The summed E-state index contributed by atoms with van der Waals surface area (Å²) in [5.74, 6) is -0.177. The number of amides is 1. The summed E-state index contributed by atoms with van der Waals surface area (Å²) in [7, 11) is 0. The van der Waals surface area contributed by atoms with Crippen LogP contribution in [0.15, 0.2) is 41.5 Å². The molecule has 0 bridgehead atoms. The molecule has 120 valence electrons. The van der Waals surface area contributed by atoms with Gasteiger partial charge in [0.05, 0.1) is 12.8 Å². The van der Waals surface area contributed by atoms with Crippen molar-refractivity contribution in [2.24, 2.45) is 5.10 Å². The zero-order valence-electron chi connectivity index (χ0n) is 14.1. The third kappa shape index (κ3) is 4.95. The highest BCUT2D eigenvalue weighted by atomic mass is 16.2. The van der Waals surface area contributed by atoms with Crippen LogP contribution in [0.4, 0.5) is 5.69 Å². The number of hydrogen-bond acceptors (Lipinski definition) is 3. The smallest absolute Gasteiger partial charge is 0.259 e. The number of benzene rings is 2. The van der Waals surface area contributed by atoms with Gasteiger partial charge >= 0.3 is 0 Å². The molecule has 0 aliphatic carbocycles. The van der Waals surface area contributed by atoms with Crippen LogP contribution in [0.25, 0.3) is 0 Å². The molecule has 2 N–H and O–H groups in total. The second-order valence-corrected chi connectivity index (χ2v) is 5.81. The molecule has 2 aromatic rings. The molecule has 0 unspecified atom stereocenters. The van der Waals surface area contributed by atoms with Crippen LogP contribution in [0, 0.1) is 27.7 Å². The van der Waals surface area contributed by atoms with Gasteiger partial charge in [-0.2, -0.15) is 5.10 Å². The molecular formula is C19H23N3O. The molecule has 2 rings (SSSR count). The van der Waals surface area contributed by atoms with Gasteiger partial charge in [0.15, 0.2) is 0 Å². The predicted molar refractivity (Wildman–Crippen MR) is 96.1 cm³/mol. The molecule has 0 saturated carbocycles. The Morgan fingerprint density at radius 2 is 1.65 bits per heavy atom. The molecule has 23 heavy (non-hydrogen) atoms. The van der Waals surface area contributed by atoms with Crippen LogP contribution < -0.4 is 10.7 Å². The average Bonchev–Trinajstić information content (AvgIpc) is 2.52. The predicted octanol–water partition coefficient (Wildman–Crippen LogP) is 3.48. The van der Waals surface area contributed by atoms with E-state index in [9.17, 15) is 4.79 Å². The molecule has 2 aromatic carbocycles.